The predicted molar refractivity (Wildman–Crippen MR) is 102 cm³/mol. The maximum atomic E-state index is 12.6. The van der Waals surface area contributed by atoms with E-state index in [1.807, 2.05) is 30.3 Å². The van der Waals surface area contributed by atoms with Gasteiger partial charge in [-0.2, -0.15) is 4.31 Å². The van der Waals surface area contributed by atoms with E-state index in [-0.39, 0.29) is 22.8 Å². The summed E-state index contributed by atoms with van der Waals surface area (Å²) in [5.41, 5.74) is 5.60. The average Bonchev–Trinajstić information content (AvgIpc) is 2.67. The van der Waals surface area contributed by atoms with Crippen LogP contribution >= 0.6 is 0 Å². The lowest BCUT2D eigenvalue weighted by atomic mass is 10.1. The number of hydrogen-bond donors (Lipinski definition) is 2. The van der Waals surface area contributed by atoms with E-state index in [4.69, 9.17) is 0 Å². The molecule has 0 saturated carbocycles. The lowest BCUT2D eigenvalue weighted by Crippen LogP contribution is -2.42. The minimum atomic E-state index is -3.66. The predicted octanol–water partition coefficient (Wildman–Crippen LogP) is 1.72. The molecule has 2 aromatic rings. The Hall–Kier alpha value is -2.71. The summed E-state index contributed by atoms with van der Waals surface area (Å²) in [5, 5.41) is 0. The Morgan fingerprint density at radius 1 is 0.926 bits per heavy atom. The van der Waals surface area contributed by atoms with Crippen molar-refractivity contribution in [2.45, 2.75) is 25.2 Å². The van der Waals surface area contributed by atoms with Crippen LogP contribution in [0.25, 0.3) is 0 Å². The third kappa shape index (κ3) is 5.38. The van der Waals surface area contributed by atoms with E-state index in [0.717, 1.165) is 5.56 Å². The second kappa shape index (κ2) is 9.29. The highest BCUT2D eigenvalue weighted by Gasteiger charge is 2.22. The normalized spacial score (nSPS) is 11.2. The summed E-state index contributed by atoms with van der Waals surface area (Å²) in [4.78, 5) is 24.2. The van der Waals surface area contributed by atoms with Gasteiger partial charge >= 0.3 is 0 Å². The van der Waals surface area contributed by atoms with E-state index in [2.05, 4.69) is 10.9 Å². The van der Waals surface area contributed by atoms with Gasteiger partial charge in [-0.15, -0.1) is 0 Å². The van der Waals surface area contributed by atoms with Gasteiger partial charge in [0.15, 0.2) is 0 Å². The van der Waals surface area contributed by atoms with Crippen molar-refractivity contribution in [3.8, 4) is 0 Å². The first kappa shape index (κ1) is 20.6. The van der Waals surface area contributed by atoms with Gasteiger partial charge in [-0.25, -0.2) is 8.42 Å². The molecule has 0 aliphatic carbocycles. The number of amides is 2. The van der Waals surface area contributed by atoms with Crippen LogP contribution in [0.2, 0.25) is 0 Å². The Bertz CT molecular complexity index is 894. The molecule has 0 saturated heterocycles. The molecule has 2 N–H and O–H groups in total. The van der Waals surface area contributed by atoms with Gasteiger partial charge in [-0.05, 0) is 23.8 Å². The van der Waals surface area contributed by atoms with E-state index in [9.17, 15) is 18.0 Å². The zero-order chi connectivity index (χ0) is 19.9. The Morgan fingerprint density at radius 2 is 1.59 bits per heavy atom. The summed E-state index contributed by atoms with van der Waals surface area (Å²) in [5.74, 6) is -0.963. The highest BCUT2D eigenvalue weighted by molar-refractivity contribution is 7.89. The summed E-state index contributed by atoms with van der Waals surface area (Å²) in [6.07, 6.45) is 0.123. The SMILES string of the molecule is CCN(CC)S(=O)(=O)c1cccc(C(=O)NNC(=O)Cc2ccccc2)c1. The molecule has 0 aliphatic rings. The summed E-state index contributed by atoms with van der Waals surface area (Å²) in [6, 6.07) is 14.8. The second-order valence-corrected chi connectivity index (χ2v) is 7.72. The molecule has 2 amide bonds. The minimum absolute atomic E-state index is 0.0365. The number of benzene rings is 2. The molecule has 0 radical (unpaired) electrons. The average molecular weight is 389 g/mol. The van der Waals surface area contributed by atoms with Crippen LogP contribution in [-0.4, -0.2) is 37.6 Å². The Labute approximate surface area is 159 Å². The molecular formula is C19H23N3O4S. The summed E-state index contributed by atoms with van der Waals surface area (Å²) >= 11 is 0. The minimum Gasteiger partial charge on any atom is -0.273 e. The molecule has 2 rings (SSSR count). The molecule has 0 spiro atoms. The molecule has 2 aromatic carbocycles. The first-order valence-corrected chi connectivity index (χ1v) is 10.1. The largest absolute Gasteiger partial charge is 0.273 e. The van der Waals surface area contributed by atoms with Crippen LogP contribution in [0, 0.1) is 0 Å². The molecule has 0 fully saturated rings. The van der Waals surface area contributed by atoms with Crippen molar-refractivity contribution < 1.29 is 18.0 Å². The fourth-order valence-electron chi connectivity index (χ4n) is 2.53. The zero-order valence-corrected chi connectivity index (χ0v) is 16.1. The lowest BCUT2D eigenvalue weighted by Gasteiger charge is -2.18. The van der Waals surface area contributed by atoms with Gasteiger partial charge in [0, 0.05) is 18.7 Å². The zero-order valence-electron chi connectivity index (χ0n) is 15.3. The third-order valence-corrected chi connectivity index (χ3v) is 6.01. The van der Waals surface area contributed by atoms with Crippen LogP contribution in [-0.2, 0) is 21.2 Å². The Kier molecular flexibility index (Phi) is 7.09. The molecule has 0 aromatic heterocycles. The molecule has 7 nitrogen and oxygen atoms in total. The van der Waals surface area contributed by atoms with Gasteiger partial charge in [0.2, 0.25) is 15.9 Å². The Balaban J connectivity index is 2.04. The van der Waals surface area contributed by atoms with Crippen molar-refractivity contribution in [3.63, 3.8) is 0 Å². The topological polar surface area (TPSA) is 95.6 Å². The highest BCUT2D eigenvalue weighted by atomic mass is 32.2. The van der Waals surface area contributed by atoms with E-state index >= 15 is 0 Å². The summed E-state index contributed by atoms with van der Waals surface area (Å²) in [7, 11) is -3.66. The number of rotatable bonds is 7. The van der Waals surface area contributed by atoms with Gasteiger partial charge in [0.25, 0.3) is 5.91 Å². The first-order chi connectivity index (χ1) is 12.9. The molecule has 0 bridgehead atoms. The maximum absolute atomic E-state index is 12.6. The fourth-order valence-corrected chi connectivity index (χ4v) is 4.04. The lowest BCUT2D eigenvalue weighted by molar-refractivity contribution is -0.121. The quantitative estimate of drug-likeness (QED) is 0.705. The standard InChI is InChI=1S/C19H23N3O4S/c1-3-22(4-2)27(25,26)17-12-8-11-16(14-17)19(24)21-20-18(23)13-15-9-6-5-7-10-15/h5-12,14H,3-4,13H2,1-2H3,(H,20,23)(H,21,24). The highest BCUT2D eigenvalue weighted by Crippen LogP contribution is 2.16. The molecule has 144 valence electrons. The number of sulfonamides is 1. The molecular weight excluding hydrogens is 366 g/mol. The summed E-state index contributed by atoms with van der Waals surface area (Å²) < 4.78 is 26.4. The van der Waals surface area contributed by atoms with Crippen molar-refractivity contribution in [1.82, 2.24) is 15.2 Å². The number of hydrogen-bond acceptors (Lipinski definition) is 4. The molecule has 8 heteroatoms. The van der Waals surface area contributed by atoms with Crippen molar-refractivity contribution in [1.29, 1.82) is 0 Å². The van der Waals surface area contributed by atoms with Gasteiger partial charge in [-0.3, -0.25) is 20.4 Å². The molecule has 0 unspecified atom stereocenters. The van der Waals surface area contributed by atoms with Crippen molar-refractivity contribution in [2.75, 3.05) is 13.1 Å². The van der Waals surface area contributed by atoms with E-state index in [1.165, 1.54) is 28.6 Å². The Morgan fingerprint density at radius 3 is 2.22 bits per heavy atom. The fraction of sp³-hybridized carbons (Fsp3) is 0.263. The van der Waals surface area contributed by atoms with Gasteiger partial charge < -0.3 is 0 Å². The van der Waals surface area contributed by atoms with Crippen LogP contribution in [0.5, 0.6) is 0 Å². The van der Waals surface area contributed by atoms with Crippen LogP contribution in [0.15, 0.2) is 59.5 Å². The van der Waals surface area contributed by atoms with E-state index in [0.29, 0.717) is 13.1 Å². The van der Waals surface area contributed by atoms with Crippen LogP contribution in [0.3, 0.4) is 0 Å². The first-order valence-electron chi connectivity index (χ1n) is 8.61. The van der Waals surface area contributed by atoms with Crippen LogP contribution in [0.4, 0.5) is 0 Å². The van der Waals surface area contributed by atoms with Crippen molar-refractivity contribution >= 4 is 21.8 Å². The van der Waals surface area contributed by atoms with Gasteiger partial charge in [0.1, 0.15) is 0 Å². The van der Waals surface area contributed by atoms with E-state index < -0.39 is 15.9 Å². The van der Waals surface area contributed by atoms with Crippen LogP contribution < -0.4 is 10.9 Å². The molecule has 0 aliphatic heterocycles. The molecule has 0 heterocycles. The molecule has 27 heavy (non-hydrogen) atoms. The van der Waals surface area contributed by atoms with Crippen molar-refractivity contribution in [3.05, 3.63) is 65.7 Å². The second-order valence-electron chi connectivity index (χ2n) is 5.78. The number of nitrogens with zero attached hydrogens (tertiary/aromatic N) is 1. The number of carbonyl (C=O) groups is 2. The number of nitrogens with one attached hydrogen (secondary N) is 2. The monoisotopic (exact) mass is 389 g/mol. The van der Waals surface area contributed by atoms with Gasteiger partial charge in [0.05, 0.1) is 11.3 Å². The number of carbonyl (C=O) groups excluding carboxylic acids is 2. The van der Waals surface area contributed by atoms with E-state index in [1.54, 1.807) is 13.8 Å². The smallest absolute Gasteiger partial charge is 0.269 e. The van der Waals surface area contributed by atoms with Crippen LogP contribution in [0.1, 0.15) is 29.8 Å². The van der Waals surface area contributed by atoms with Gasteiger partial charge in [-0.1, -0.05) is 50.2 Å². The molecule has 0 atom stereocenters. The maximum Gasteiger partial charge on any atom is 0.269 e. The third-order valence-electron chi connectivity index (χ3n) is 3.96. The number of hydrazine groups is 1. The summed E-state index contributed by atoms with van der Waals surface area (Å²) in [6.45, 7) is 4.18. The van der Waals surface area contributed by atoms with Crippen molar-refractivity contribution in [2.24, 2.45) is 0 Å².